The lowest BCUT2D eigenvalue weighted by Crippen LogP contribution is -2.28. The lowest BCUT2D eigenvalue weighted by Gasteiger charge is -2.13. The van der Waals surface area contributed by atoms with Crippen LogP contribution in [0.2, 0.25) is 0 Å². The fourth-order valence-electron chi connectivity index (χ4n) is 2.67. The number of hydrogen-bond acceptors (Lipinski definition) is 5. The molecule has 1 atom stereocenters. The molecule has 7 heteroatoms. The molecule has 134 valence electrons. The number of methoxy groups -OCH3 is 1. The van der Waals surface area contributed by atoms with Crippen LogP contribution in [0.15, 0.2) is 47.6 Å². The summed E-state index contributed by atoms with van der Waals surface area (Å²) < 4.78 is 18.1. The number of ether oxygens (including phenoxy) is 1. The number of anilines is 1. The van der Waals surface area contributed by atoms with Crippen LogP contribution in [0.1, 0.15) is 27.9 Å². The number of oxime groups is 1. The van der Waals surface area contributed by atoms with Crippen molar-refractivity contribution in [2.24, 2.45) is 5.16 Å². The maximum atomic E-state index is 13.3. The summed E-state index contributed by atoms with van der Waals surface area (Å²) in [7, 11) is 1.30. The smallest absolute Gasteiger partial charge is 0.338 e. The average molecular weight is 356 g/mol. The minimum atomic E-state index is -0.825. The zero-order valence-electron chi connectivity index (χ0n) is 14.3. The molecule has 0 aliphatic carbocycles. The van der Waals surface area contributed by atoms with E-state index in [1.165, 1.54) is 19.2 Å². The van der Waals surface area contributed by atoms with Gasteiger partial charge in [0.1, 0.15) is 5.82 Å². The van der Waals surface area contributed by atoms with E-state index in [0.717, 1.165) is 0 Å². The second-order valence-electron chi connectivity index (χ2n) is 5.81. The molecule has 6 nitrogen and oxygen atoms in total. The molecule has 2 aromatic rings. The van der Waals surface area contributed by atoms with E-state index in [-0.39, 0.29) is 12.2 Å². The summed E-state index contributed by atoms with van der Waals surface area (Å²) in [5.41, 5.74) is 2.53. The number of amides is 1. The van der Waals surface area contributed by atoms with Gasteiger partial charge in [0.05, 0.1) is 18.4 Å². The first-order chi connectivity index (χ1) is 12.5. The van der Waals surface area contributed by atoms with Crippen molar-refractivity contribution in [1.82, 2.24) is 0 Å². The van der Waals surface area contributed by atoms with Crippen LogP contribution >= 0.6 is 0 Å². The quantitative estimate of drug-likeness (QED) is 0.854. The van der Waals surface area contributed by atoms with Gasteiger partial charge < -0.3 is 14.9 Å². The summed E-state index contributed by atoms with van der Waals surface area (Å²) in [5.74, 6) is -1.26. The average Bonchev–Trinajstić information content (AvgIpc) is 3.13. The number of halogens is 1. The monoisotopic (exact) mass is 356 g/mol. The molecule has 2 aromatic carbocycles. The van der Waals surface area contributed by atoms with E-state index in [4.69, 9.17) is 9.57 Å². The molecule has 0 radical (unpaired) electrons. The minimum Gasteiger partial charge on any atom is -0.465 e. The van der Waals surface area contributed by atoms with Crippen LogP contribution in [0.25, 0.3) is 0 Å². The van der Waals surface area contributed by atoms with Crippen molar-refractivity contribution in [2.45, 2.75) is 19.4 Å². The Morgan fingerprint density at radius 2 is 2.04 bits per heavy atom. The van der Waals surface area contributed by atoms with Crippen LogP contribution < -0.4 is 5.32 Å². The van der Waals surface area contributed by atoms with Gasteiger partial charge in [-0.3, -0.25) is 4.79 Å². The maximum Gasteiger partial charge on any atom is 0.338 e. The van der Waals surface area contributed by atoms with E-state index < -0.39 is 18.0 Å². The number of carbonyl (C=O) groups is 2. The molecular formula is C19H17FN2O4. The van der Waals surface area contributed by atoms with Crippen LogP contribution in [0, 0.1) is 12.7 Å². The molecule has 0 saturated carbocycles. The molecule has 1 unspecified atom stereocenters. The Kier molecular flexibility index (Phi) is 4.97. The molecule has 1 heterocycles. The van der Waals surface area contributed by atoms with Crippen molar-refractivity contribution >= 4 is 23.3 Å². The van der Waals surface area contributed by atoms with Gasteiger partial charge in [-0.05, 0) is 36.8 Å². The molecule has 26 heavy (non-hydrogen) atoms. The Hall–Kier alpha value is -3.22. The SMILES string of the molecule is COC(=O)c1cccc(NC(=O)C2CC(c3cccc(F)c3)=NO2)c1C. The second kappa shape index (κ2) is 7.35. The van der Waals surface area contributed by atoms with Gasteiger partial charge >= 0.3 is 5.97 Å². The number of nitrogens with zero attached hydrogens (tertiary/aromatic N) is 1. The number of esters is 1. The van der Waals surface area contributed by atoms with E-state index in [9.17, 15) is 14.0 Å². The number of nitrogens with one attached hydrogen (secondary N) is 1. The summed E-state index contributed by atoms with van der Waals surface area (Å²) in [6.45, 7) is 1.71. The van der Waals surface area contributed by atoms with E-state index in [0.29, 0.717) is 28.1 Å². The van der Waals surface area contributed by atoms with Crippen LogP contribution in [0.5, 0.6) is 0 Å². The summed E-state index contributed by atoms with van der Waals surface area (Å²) in [5, 5.41) is 6.62. The van der Waals surface area contributed by atoms with E-state index in [1.54, 1.807) is 37.3 Å². The van der Waals surface area contributed by atoms with Crippen LogP contribution in [0.4, 0.5) is 10.1 Å². The van der Waals surface area contributed by atoms with Gasteiger partial charge in [-0.1, -0.05) is 23.4 Å². The number of benzene rings is 2. The molecule has 0 saturated heterocycles. The second-order valence-corrected chi connectivity index (χ2v) is 5.81. The first-order valence-corrected chi connectivity index (χ1v) is 7.97. The highest BCUT2D eigenvalue weighted by atomic mass is 19.1. The lowest BCUT2D eigenvalue weighted by molar-refractivity contribution is -0.125. The lowest BCUT2D eigenvalue weighted by atomic mass is 10.0. The number of rotatable bonds is 4. The molecule has 1 aliphatic rings. The topological polar surface area (TPSA) is 77.0 Å². The van der Waals surface area contributed by atoms with Crippen LogP contribution in [0.3, 0.4) is 0 Å². The standard InChI is InChI=1S/C19H17FN2O4/c1-11-14(19(24)25-2)7-4-8-15(11)21-18(23)17-10-16(22-26-17)12-5-3-6-13(20)9-12/h3-9,17H,10H2,1-2H3,(H,21,23). The van der Waals surface area contributed by atoms with Gasteiger partial charge in [-0.15, -0.1) is 0 Å². The van der Waals surface area contributed by atoms with Gasteiger partial charge in [0.15, 0.2) is 0 Å². The zero-order valence-corrected chi connectivity index (χ0v) is 14.3. The van der Waals surface area contributed by atoms with Gasteiger partial charge in [0, 0.05) is 17.7 Å². The molecule has 1 aliphatic heterocycles. The molecular weight excluding hydrogens is 339 g/mol. The minimum absolute atomic E-state index is 0.227. The van der Waals surface area contributed by atoms with Crippen molar-refractivity contribution in [1.29, 1.82) is 0 Å². The number of carbonyl (C=O) groups excluding carboxylic acids is 2. The Morgan fingerprint density at radius 3 is 2.77 bits per heavy atom. The third kappa shape index (κ3) is 3.56. The van der Waals surface area contributed by atoms with Crippen LogP contribution in [-0.4, -0.2) is 30.8 Å². The first kappa shape index (κ1) is 17.6. The first-order valence-electron chi connectivity index (χ1n) is 7.97. The summed E-state index contributed by atoms with van der Waals surface area (Å²) >= 11 is 0. The van der Waals surface area contributed by atoms with Gasteiger partial charge in [0.25, 0.3) is 5.91 Å². The number of hydrogen-bond donors (Lipinski definition) is 1. The highest BCUT2D eigenvalue weighted by molar-refractivity contribution is 6.06. The van der Waals surface area contributed by atoms with E-state index >= 15 is 0 Å². The fraction of sp³-hybridized carbons (Fsp3) is 0.211. The zero-order chi connectivity index (χ0) is 18.7. The highest BCUT2D eigenvalue weighted by Crippen LogP contribution is 2.22. The third-order valence-electron chi connectivity index (χ3n) is 4.12. The van der Waals surface area contributed by atoms with Crippen LogP contribution in [-0.2, 0) is 14.4 Å². The Morgan fingerprint density at radius 1 is 1.27 bits per heavy atom. The Bertz CT molecular complexity index is 895. The third-order valence-corrected chi connectivity index (χ3v) is 4.12. The van der Waals surface area contributed by atoms with Crippen molar-refractivity contribution in [3.8, 4) is 0 Å². The summed E-state index contributed by atoms with van der Waals surface area (Å²) in [4.78, 5) is 29.4. The maximum absolute atomic E-state index is 13.3. The molecule has 1 N–H and O–H groups in total. The molecule has 1 amide bonds. The predicted molar refractivity (Wildman–Crippen MR) is 93.6 cm³/mol. The Balaban J connectivity index is 1.70. The Labute approximate surface area is 149 Å². The largest absolute Gasteiger partial charge is 0.465 e. The van der Waals surface area contributed by atoms with Crippen molar-refractivity contribution < 1.29 is 23.6 Å². The molecule has 0 bridgehead atoms. The van der Waals surface area contributed by atoms with Crippen molar-refractivity contribution in [3.63, 3.8) is 0 Å². The highest BCUT2D eigenvalue weighted by Gasteiger charge is 2.29. The molecule has 0 aromatic heterocycles. The summed E-state index contributed by atoms with van der Waals surface area (Å²) in [6.07, 6.45) is -0.597. The molecule has 0 spiro atoms. The molecule has 0 fully saturated rings. The summed E-state index contributed by atoms with van der Waals surface area (Å²) in [6, 6.07) is 10.9. The van der Waals surface area contributed by atoms with E-state index in [1.807, 2.05) is 0 Å². The molecule has 3 rings (SSSR count). The van der Waals surface area contributed by atoms with Gasteiger partial charge in [0.2, 0.25) is 6.10 Å². The van der Waals surface area contributed by atoms with Gasteiger partial charge in [-0.25, -0.2) is 9.18 Å². The normalized spacial score (nSPS) is 15.8. The van der Waals surface area contributed by atoms with Crippen molar-refractivity contribution in [2.75, 3.05) is 12.4 Å². The van der Waals surface area contributed by atoms with Gasteiger partial charge in [-0.2, -0.15) is 0 Å². The predicted octanol–water partition coefficient (Wildman–Crippen LogP) is 3.05. The van der Waals surface area contributed by atoms with E-state index in [2.05, 4.69) is 10.5 Å². The van der Waals surface area contributed by atoms with Crippen molar-refractivity contribution in [3.05, 3.63) is 65.0 Å². The fourth-order valence-corrected chi connectivity index (χ4v) is 2.67.